The Morgan fingerprint density at radius 1 is 1.00 bits per heavy atom. The molecule has 87 valence electrons. The fourth-order valence-corrected chi connectivity index (χ4v) is 2.61. The second kappa shape index (κ2) is 4.74. The average molecular weight is 225 g/mol. The maximum absolute atomic E-state index is 4.20. The molecule has 17 heavy (non-hydrogen) atoms. The van der Waals surface area contributed by atoms with Crippen molar-refractivity contribution in [3.8, 4) is 11.3 Å². The molecule has 2 nitrogen and oxygen atoms in total. The van der Waals surface area contributed by atoms with E-state index in [1.165, 1.54) is 36.8 Å². The highest BCUT2D eigenvalue weighted by Gasteiger charge is 2.15. The lowest BCUT2D eigenvalue weighted by atomic mass is 9.84. The minimum absolute atomic E-state index is 0.758. The lowest BCUT2D eigenvalue weighted by Crippen LogP contribution is -2.04. The molecule has 1 aliphatic carbocycles. The van der Waals surface area contributed by atoms with Crippen molar-refractivity contribution in [1.82, 2.24) is 10.2 Å². The van der Waals surface area contributed by atoms with E-state index in [0.717, 1.165) is 11.6 Å². The van der Waals surface area contributed by atoms with Crippen LogP contribution in [0.5, 0.6) is 0 Å². The molecule has 1 N–H and O–H groups in total. The van der Waals surface area contributed by atoms with Crippen molar-refractivity contribution in [2.24, 2.45) is 0 Å². The van der Waals surface area contributed by atoms with Gasteiger partial charge in [0.1, 0.15) is 0 Å². The molecule has 1 heterocycles. The third-order valence-corrected chi connectivity index (χ3v) is 3.62. The maximum Gasteiger partial charge on any atom is 0.0920 e. The second-order valence-electron chi connectivity index (χ2n) is 4.72. The molecule has 2 heteroatoms. The number of rotatable bonds is 2. The number of aromatic nitrogens is 2. The SMILES string of the molecule is [CH]1CCC(c2ccc(-c3cc[nH]n3)cc2)CC1. The van der Waals surface area contributed by atoms with Crippen molar-refractivity contribution >= 4 is 0 Å². The van der Waals surface area contributed by atoms with Crippen molar-refractivity contribution in [3.05, 3.63) is 48.5 Å². The Labute approximate surface area is 102 Å². The standard InChI is InChI=1S/C15H17N2/c1-2-4-12(5-3-1)13-6-8-14(9-7-13)15-10-11-16-17-15/h1,6-12H,2-5H2,(H,16,17). The molecule has 0 aliphatic heterocycles. The normalized spacial score (nSPS) is 17.2. The summed E-state index contributed by atoms with van der Waals surface area (Å²) in [6, 6.07) is 10.9. The Morgan fingerprint density at radius 3 is 2.41 bits per heavy atom. The van der Waals surface area contributed by atoms with Gasteiger partial charge in [0.2, 0.25) is 0 Å². The molecule has 2 aromatic rings. The van der Waals surface area contributed by atoms with Crippen LogP contribution < -0.4 is 0 Å². The first-order valence-corrected chi connectivity index (χ1v) is 6.35. The van der Waals surface area contributed by atoms with Gasteiger partial charge in [-0.05, 0) is 49.7 Å². The largest absolute Gasteiger partial charge is 0.285 e. The zero-order valence-electron chi connectivity index (χ0n) is 9.89. The maximum atomic E-state index is 4.20. The molecule has 0 unspecified atom stereocenters. The third-order valence-electron chi connectivity index (χ3n) is 3.62. The van der Waals surface area contributed by atoms with Gasteiger partial charge in [-0.25, -0.2) is 0 Å². The predicted octanol–water partition coefficient (Wildman–Crippen LogP) is 3.94. The minimum atomic E-state index is 0.758. The molecular weight excluding hydrogens is 208 g/mol. The monoisotopic (exact) mass is 225 g/mol. The molecule has 0 bridgehead atoms. The number of benzene rings is 1. The zero-order valence-corrected chi connectivity index (χ0v) is 9.89. The van der Waals surface area contributed by atoms with E-state index in [0.29, 0.717) is 0 Å². The van der Waals surface area contributed by atoms with Crippen LogP contribution in [0.15, 0.2) is 36.5 Å². The summed E-state index contributed by atoms with van der Waals surface area (Å²) >= 11 is 0. The Bertz CT molecular complexity index is 450. The first-order chi connectivity index (χ1) is 8.43. The molecule has 0 spiro atoms. The summed E-state index contributed by atoms with van der Waals surface area (Å²) < 4.78 is 0. The van der Waals surface area contributed by atoms with Gasteiger partial charge >= 0.3 is 0 Å². The Hall–Kier alpha value is -1.57. The van der Waals surface area contributed by atoms with Crippen molar-refractivity contribution in [1.29, 1.82) is 0 Å². The number of hydrogen-bond donors (Lipinski definition) is 1. The van der Waals surface area contributed by atoms with Crippen LogP contribution in [0.3, 0.4) is 0 Å². The van der Waals surface area contributed by atoms with E-state index in [2.05, 4.69) is 40.9 Å². The highest BCUT2D eigenvalue weighted by atomic mass is 15.1. The average Bonchev–Trinajstić information content (AvgIpc) is 2.94. The van der Waals surface area contributed by atoms with Crippen molar-refractivity contribution < 1.29 is 0 Å². The molecular formula is C15H17N2. The van der Waals surface area contributed by atoms with E-state index in [-0.39, 0.29) is 0 Å². The summed E-state index contributed by atoms with van der Waals surface area (Å²) in [6.45, 7) is 0. The topological polar surface area (TPSA) is 28.7 Å². The molecule has 0 saturated heterocycles. The van der Waals surface area contributed by atoms with Gasteiger partial charge in [-0.15, -0.1) is 0 Å². The summed E-state index contributed by atoms with van der Waals surface area (Å²) in [7, 11) is 0. The van der Waals surface area contributed by atoms with Crippen LogP contribution >= 0.6 is 0 Å². The first-order valence-electron chi connectivity index (χ1n) is 6.35. The lowest BCUT2D eigenvalue weighted by Gasteiger charge is -2.21. The van der Waals surface area contributed by atoms with E-state index in [4.69, 9.17) is 0 Å². The van der Waals surface area contributed by atoms with Crippen LogP contribution in [0.2, 0.25) is 0 Å². The summed E-state index contributed by atoms with van der Waals surface area (Å²) in [6.07, 6.45) is 9.43. The summed E-state index contributed by atoms with van der Waals surface area (Å²) in [5, 5.41) is 7.05. The quantitative estimate of drug-likeness (QED) is 0.824. The molecule has 3 rings (SSSR count). The molecule has 1 fully saturated rings. The van der Waals surface area contributed by atoms with E-state index in [9.17, 15) is 0 Å². The molecule has 0 atom stereocenters. The van der Waals surface area contributed by atoms with Crippen molar-refractivity contribution in [2.75, 3.05) is 0 Å². The van der Waals surface area contributed by atoms with Crippen LogP contribution in [-0.4, -0.2) is 10.2 Å². The highest BCUT2D eigenvalue weighted by molar-refractivity contribution is 5.58. The third kappa shape index (κ3) is 2.26. The summed E-state index contributed by atoms with van der Waals surface area (Å²) in [4.78, 5) is 0. The van der Waals surface area contributed by atoms with Crippen molar-refractivity contribution in [3.63, 3.8) is 0 Å². The molecule has 1 aliphatic rings. The molecule has 1 radical (unpaired) electrons. The van der Waals surface area contributed by atoms with Gasteiger partial charge in [0.15, 0.2) is 0 Å². The smallest absolute Gasteiger partial charge is 0.0920 e. The van der Waals surface area contributed by atoms with Gasteiger partial charge in [0.05, 0.1) is 5.69 Å². The summed E-state index contributed by atoms with van der Waals surface area (Å²) in [5.41, 5.74) is 3.70. The van der Waals surface area contributed by atoms with Gasteiger partial charge in [-0.3, -0.25) is 5.10 Å². The first kappa shape index (κ1) is 10.6. The summed E-state index contributed by atoms with van der Waals surface area (Å²) in [5.74, 6) is 0.758. The number of nitrogens with one attached hydrogen (secondary N) is 1. The van der Waals surface area contributed by atoms with Crippen molar-refractivity contribution in [2.45, 2.75) is 31.6 Å². The van der Waals surface area contributed by atoms with Gasteiger partial charge in [-0.1, -0.05) is 24.3 Å². The molecule has 1 aromatic carbocycles. The minimum Gasteiger partial charge on any atom is -0.285 e. The van der Waals surface area contributed by atoms with Gasteiger partial charge in [-0.2, -0.15) is 5.10 Å². The second-order valence-corrected chi connectivity index (χ2v) is 4.72. The fraction of sp³-hybridized carbons (Fsp3) is 0.333. The highest BCUT2D eigenvalue weighted by Crippen LogP contribution is 2.32. The van der Waals surface area contributed by atoms with Crippen LogP contribution in [0.1, 0.15) is 37.2 Å². The Kier molecular flexibility index (Phi) is 2.95. The van der Waals surface area contributed by atoms with E-state index in [1.807, 2.05) is 12.3 Å². The van der Waals surface area contributed by atoms with E-state index < -0.39 is 0 Å². The molecule has 1 aromatic heterocycles. The van der Waals surface area contributed by atoms with Gasteiger partial charge < -0.3 is 0 Å². The Balaban J connectivity index is 1.80. The molecule has 0 amide bonds. The molecule has 1 saturated carbocycles. The van der Waals surface area contributed by atoms with Gasteiger partial charge in [0.25, 0.3) is 0 Å². The van der Waals surface area contributed by atoms with Crippen LogP contribution in [0.4, 0.5) is 0 Å². The zero-order chi connectivity index (χ0) is 11.5. The lowest BCUT2D eigenvalue weighted by molar-refractivity contribution is 0.512. The Morgan fingerprint density at radius 2 is 1.76 bits per heavy atom. The number of H-pyrrole nitrogens is 1. The van der Waals surface area contributed by atoms with Crippen LogP contribution in [0, 0.1) is 6.42 Å². The fourth-order valence-electron chi connectivity index (χ4n) is 2.61. The predicted molar refractivity (Wildman–Crippen MR) is 69.5 cm³/mol. The number of hydrogen-bond acceptors (Lipinski definition) is 1. The van der Waals surface area contributed by atoms with Crippen LogP contribution in [-0.2, 0) is 0 Å². The number of aromatic amines is 1. The van der Waals surface area contributed by atoms with E-state index in [1.54, 1.807) is 0 Å². The number of nitrogens with zero attached hydrogens (tertiary/aromatic N) is 1. The van der Waals surface area contributed by atoms with Gasteiger partial charge in [0, 0.05) is 11.8 Å². The van der Waals surface area contributed by atoms with E-state index >= 15 is 0 Å². The van der Waals surface area contributed by atoms with Crippen LogP contribution in [0.25, 0.3) is 11.3 Å².